The first kappa shape index (κ1) is 11.7. The van der Waals surface area contributed by atoms with Gasteiger partial charge in [0.2, 0.25) is 5.91 Å². The van der Waals surface area contributed by atoms with Crippen LogP contribution in [0.1, 0.15) is 31.1 Å². The third-order valence-corrected chi connectivity index (χ3v) is 3.54. The number of rotatable bonds is 1. The molecular formula is C14H18N2O2. The van der Waals surface area contributed by atoms with Gasteiger partial charge in [-0.3, -0.25) is 4.79 Å². The van der Waals surface area contributed by atoms with Crippen molar-refractivity contribution >= 4 is 11.6 Å². The van der Waals surface area contributed by atoms with Crippen molar-refractivity contribution in [3.8, 4) is 0 Å². The summed E-state index contributed by atoms with van der Waals surface area (Å²) in [7, 11) is 0. The Balaban J connectivity index is 1.78. The summed E-state index contributed by atoms with van der Waals surface area (Å²) in [5, 5.41) is 6.32. The maximum atomic E-state index is 11.3. The fourth-order valence-electron chi connectivity index (χ4n) is 2.45. The van der Waals surface area contributed by atoms with Crippen LogP contribution in [-0.4, -0.2) is 24.6 Å². The van der Waals surface area contributed by atoms with Crippen LogP contribution in [0.25, 0.3) is 0 Å². The topological polar surface area (TPSA) is 50.4 Å². The van der Waals surface area contributed by atoms with Gasteiger partial charge in [-0.2, -0.15) is 0 Å². The number of amides is 1. The number of morpholine rings is 1. The zero-order valence-electron chi connectivity index (χ0n) is 10.7. The van der Waals surface area contributed by atoms with E-state index in [9.17, 15) is 4.79 Å². The molecule has 1 aromatic carbocycles. The largest absolute Gasteiger partial charge is 0.370 e. The first-order chi connectivity index (χ1) is 8.53. The molecule has 2 heterocycles. The first-order valence-electron chi connectivity index (χ1n) is 6.33. The Morgan fingerprint density at radius 2 is 2.22 bits per heavy atom. The van der Waals surface area contributed by atoms with Crippen LogP contribution in [0, 0.1) is 0 Å². The lowest BCUT2D eigenvalue weighted by Gasteiger charge is -2.36. The number of ether oxygens (including phenoxy) is 1. The highest BCUT2D eigenvalue weighted by Crippen LogP contribution is 2.29. The van der Waals surface area contributed by atoms with E-state index >= 15 is 0 Å². The maximum absolute atomic E-state index is 11.3. The molecule has 3 rings (SSSR count). The van der Waals surface area contributed by atoms with E-state index in [1.165, 1.54) is 0 Å². The van der Waals surface area contributed by atoms with Gasteiger partial charge in [0.05, 0.1) is 19.1 Å². The van der Waals surface area contributed by atoms with Crippen molar-refractivity contribution < 1.29 is 9.53 Å². The number of fused-ring (bicyclic) bond motifs is 1. The Bertz CT molecular complexity index is 487. The van der Waals surface area contributed by atoms with E-state index in [1.807, 2.05) is 12.1 Å². The second-order valence-corrected chi connectivity index (χ2v) is 5.71. The van der Waals surface area contributed by atoms with E-state index in [4.69, 9.17) is 4.74 Å². The molecule has 1 unspecified atom stereocenters. The Hall–Kier alpha value is -1.39. The minimum absolute atomic E-state index is 0.0464. The Kier molecular flexibility index (Phi) is 2.64. The molecule has 1 amide bonds. The highest BCUT2D eigenvalue weighted by Gasteiger charge is 2.28. The summed E-state index contributed by atoms with van der Waals surface area (Å²) in [6.45, 7) is 5.78. The van der Waals surface area contributed by atoms with Gasteiger partial charge in [0.15, 0.2) is 0 Å². The highest BCUT2D eigenvalue weighted by atomic mass is 16.5. The van der Waals surface area contributed by atoms with Gasteiger partial charge >= 0.3 is 0 Å². The van der Waals surface area contributed by atoms with E-state index in [2.05, 4.69) is 30.5 Å². The fourth-order valence-corrected chi connectivity index (χ4v) is 2.45. The van der Waals surface area contributed by atoms with E-state index in [0.717, 1.165) is 23.4 Å². The molecule has 0 aromatic heterocycles. The molecule has 2 N–H and O–H groups in total. The molecule has 2 aliphatic heterocycles. The third-order valence-electron chi connectivity index (χ3n) is 3.54. The molecule has 0 bridgehead atoms. The number of hydrogen-bond acceptors (Lipinski definition) is 3. The van der Waals surface area contributed by atoms with Gasteiger partial charge in [-0.1, -0.05) is 12.1 Å². The number of anilines is 1. The van der Waals surface area contributed by atoms with E-state index in [1.54, 1.807) is 0 Å². The van der Waals surface area contributed by atoms with Gasteiger partial charge in [-0.25, -0.2) is 0 Å². The quantitative estimate of drug-likeness (QED) is 0.791. The van der Waals surface area contributed by atoms with Crippen LogP contribution in [0.3, 0.4) is 0 Å². The summed E-state index contributed by atoms with van der Waals surface area (Å²) in [6.07, 6.45) is 0.563. The summed E-state index contributed by atoms with van der Waals surface area (Å²) in [4.78, 5) is 11.3. The average Bonchev–Trinajstić information content (AvgIpc) is 2.68. The van der Waals surface area contributed by atoms with Crippen molar-refractivity contribution in [1.29, 1.82) is 0 Å². The average molecular weight is 246 g/mol. The lowest BCUT2D eigenvalue weighted by molar-refractivity contribution is -0.115. The molecule has 1 aromatic rings. The third kappa shape index (κ3) is 2.13. The van der Waals surface area contributed by atoms with Gasteiger partial charge in [0.25, 0.3) is 0 Å². The van der Waals surface area contributed by atoms with Gasteiger partial charge < -0.3 is 15.4 Å². The summed E-state index contributed by atoms with van der Waals surface area (Å²) >= 11 is 0. The maximum Gasteiger partial charge on any atom is 0.228 e. The number of benzene rings is 1. The normalized spacial score (nSPS) is 25.7. The van der Waals surface area contributed by atoms with Crippen LogP contribution in [0.4, 0.5) is 5.69 Å². The molecule has 1 saturated heterocycles. The first-order valence-corrected chi connectivity index (χ1v) is 6.33. The summed E-state index contributed by atoms with van der Waals surface area (Å²) in [6, 6.07) is 6.09. The lowest BCUT2D eigenvalue weighted by atomic mass is 9.99. The van der Waals surface area contributed by atoms with Crippen LogP contribution < -0.4 is 10.6 Å². The molecule has 4 heteroatoms. The lowest BCUT2D eigenvalue weighted by Crippen LogP contribution is -2.50. The molecule has 0 radical (unpaired) electrons. The molecule has 96 valence electrons. The minimum Gasteiger partial charge on any atom is -0.370 e. The van der Waals surface area contributed by atoms with Crippen LogP contribution in [0.15, 0.2) is 18.2 Å². The predicted octanol–water partition coefficient (Wildman–Crippen LogP) is 1.62. The molecule has 0 aliphatic carbocycles. The molecule has 0 saturated carbocycles. The molecule has 0 spiro atoms. The molecule has 2 aliphatic rings. The number of carbonyl (C=O) groups is 1. The van der Waals surface area contributed by atoms with E-state index in [-0.39, 0.29) is 17.6 Å². The van der Waals surface area contributed by atoms with E-state index < -0.39 is 0 Å². The van der Waals surface area contributed by atoms with Gasteiger partial charge in [-0.05, 0) is 31.0 Å². The molecule has 1 fully saturated rings. The van der Waals surface area contributed by atoms with Crippen LogP contribution in [0.2, 0.25) is 0 Å². The van der Waals surface area contributed by atoms with E-state index in [0.29, 0.717) is 13.0 Å². The fraction of sp³-hybridized carbons (Fsp3) is 0.500. The van der Waals surface area contributed by atoms with Crippen molar-refractivity contribution in [2.75, 3.05) is 18.5 Å². The van der Waals surface area contributed by atoms with Crippen molar-refractivity contribution in [3.63, 3.8) is 0 Å². The Labute approximate surface area is 107 Å². The molecule has 18 heavy (non-hydrogen) atoms. The van der Waals surface area contributed by atoms with Crippen LogP contribution >= 0.6 is 0 Å². The van der Waals surface area contributed by atoms with Gasteiger partial charge in [-0.15, -0.1) is 0 Å². The van der Waals surface area contributed by atoms with Crippen LogP contribution in [-0.2, 0) is 16.0 Å². The number of hydrogen-bond donors (Lipinski definition) is 2. The second-order valence-electron chi connectivity index (χ2n) is 5.71. The van der Waals surface area contributed by atoms with Crippen molar-refractivity contribution in [2.45, 2.75) is 31.9 Å². The van der Waals surface area contributed by atoms with Crippen molar-refractivity contribution in [1.82, 2.24) is 5.32 Å². The zero-order chi connectivity index (χ0) is 12.8. The standard InChI is InChI=1S/C14H18N2O2/c1-14(2)8-18-12(7-15-14)9-3-4-11-10(5-9)6-13(17)16-11/h3-5,12,15H,6-8H2,1-2H3,(H,16,17). The number of nitrogens with one attached hydrogen (secondary N) is 2. The monoisotopic (exact) mass is 246 g/mol. The Morgan fingerprint density at radius 1 is 1.39 bits per heavy atom. The SMILES string of the molecule is CC1(C)COC(c2ccc3c(c2)CC(=O)N3)CN1. The van der Waals surface area contributed by atoms with Gasteiger partial charge in [0, 0.05) is 17.8 Å². The minimum atomic E-state index is 0.0464. The summed E-state index contributed by atoms with van der Waals surface area (Å²) in [5.74, 6) is 0.0750. The molecule has 1 atom stereocenters. The van der Waals surface area contributed by atoms with Gasteiger partial charge in [0.1, 0.15) is 0 Å². The highest BCUT2D eigenvalue weighted by molar-refractivity contribution is 5.99. The molecular weight excluding hydrogens is 228 g/mol. The smallest absolute Gasteiger partial charge is 0.228 e. The van der Waals surface area contributed by atoms with Crippen LogP contribution in [0.5, 0.6) is 0 Å². The second kappa shape index (κ2) is 4.07. The number of carbonyl (C=O) groups excluding carboxylic acids is 1. The zero-order valence-corrected chi connectivity index (χ0v) is 10.7. The predicted molar refractivity (Wildman–Crippen MR) is 69.6 cm³/mol. The molecule has 4 nitrogen and oxygen atoms in total. The Morgan fingerprint density at radius 3 is 2.94 bits per heavy atom. The summed E-state index contributed by atoms with van der Waals surface area (Å²) < 4.78 is 5.90. The van der Waals surface area contributed by atoms with Crippen molar-refractivity contribution in [2.24, 2.45) is 0 Å². The van der Waals surface area contributed by atoms with Crippen molar-refractivity contribution in [3.05, 3.63) is 29.3 Å². The summed E-state index contributed by atoms with van der Waals surface area (Å²) in [5.41, 5.74) is 3.21.